The van der Waals surface area contributed by atoms with Crippen LogP contribution < -0.4 is 4.72 Å². The van der Waals surface area contributed by atoms with Crippen molar-refractivity contribution in [2.75, 3.05) is 4.72 Å². The number of hydrogen-bond acceptors (Lipinski definition) is 4. The van der Waals surface area contributed by atoms with E-state index < -0.39 is 10.0 Å². The molecule has 0 aliphatic carbocycles. The fraction of sp³-hybridized carbons (Fsp3) is 0.143. The lowest BCUT2D eigenvalue weighted by Gasteiger charge is -2.07. The first-order valence-corrected chi connectivity index (χ1v) is 7.83. The van der Waals surface area contributed by atoms with Crippen LogP contribution in [0, 0.1) is 6.92 Å². The number of pyridine rings is 1. The Bertz CT molecular complexity index is 891. The lowest BCUT2D eigenvalue weighted by molar-refractivity contribution is 0.601. The van der Waals surface area contributed by atoms with Crippen LogP contribution in [0.15, 0.2) is 47.5 Å². The molecule has 2 aromatic heterocycles. The molecule has 0 radical (unpaired) electrons. The summed E-state index contributed by atoms with van der Waals surface area (Å²) in [6, 6.07) is 10.3. The molecule has 0 saturated heterocycles. The Kier molecular flexibility index (Phi) is 3.13. The SMILES string of the molecule is Cc1cc(NS(=O)(=O)c2cccc3cccnc23)nn1C. The molecule has 3 aromatic rings. The predicted octanol–water partition coefficient (Wildman–Crippen LogP) is 2.08. The van der Waals surface area contributed by atoms with Gasteiger partial charge in [-0.3, -0.25) is 14.4 Å². The summed E-state index contributed by atoms with van der Waals surface area (Å²) in [5.41, 5.74) is 1.31. The van der Waals surface area contributed by atoms with Gasteiger partial charge in [0.25, 0.3) is 10.0 Å². The van der Waals surface area contributed by atoms with Crippen LogP contribution in [-0.4, -0.2) is 23.2 Å². The monoisotopic (exact) mass is 302 g/mol. The molecule has 7 heteroatoms. The summed E-state index contributed by atoms with van der Waals surface area (Å²) in [5, 5.41) is 4.88. The molecule has 6 nitrogen and oxygen atoms in total. The second kappa shape index (κ2) is 4.85. The summed E-state index contributed by atoms with van der Waals surface area (Å²) in [6.45, 7) is 1.85. The van der Waals surface area contributed by atoms with E-state index in [1.54, 1.807) is 36.1 Å². The van der Waals surface area contributed by atoms with Crippen molar-refractivity contribution in [1.29, 1.82) is 0 Å². The van der Waals surface area contributed by atoms with Crippen LogP contribution in [0.4, 0.5) is 5.82 Å². The molecule has 0 bridgehead atoms. The van der Waals surface area contributed by atoms with Crippen molar-refractivity contribution >= 4 is 26.7 Å². The molecule has 0 aliphatic heterocycles. The lowest BCUT2D eigenvalue weighted by Crippen LogP contribution is -2.14. The minimum atomic E-state index is -3.73. The average Bonchev–Trinajstić information content (AvgIpc) is 2.75. The first-order chi connectivity index (χ1) is 9.97. The van der Waals surface area contributed by atoms with Gasteiger partial charge in [0.1, 0.15) is 4.90 Å². The van der Waals surface area contributed by atoms with Gasteiger partial charge < -0.3 is 0 Å². The van der Waals surface area contributed by atoms with Crippen LogP contribution in [0.3, 0.4) is 0 Å². The number of para-hydroxylation sites is 1. The highest BCUT2D eigenvalue weighted by Gasteiger charge is 2.19. The highest BCUT2D eigenvalue weighted by Crippen LogP contribution is 2.22. The Balaban J connectivity index is 2.08. The molecule has 0 amide bonds. The molecule has 0 saturated carbocycles. The number of aryl methyl sites for hydroxylation is 2. The second-order valence-corrected chi connectivity index (χ2v) is 6.38. The first-order valence-electron chi connectivity index (χ1n) is 6.34. The zero-order chi connectivity index (χ0) is 15.0. The number of benzene rings is 1. The van der Waals surface area contributed by atoms with Crippen molar-refractivity contribution in [3.05, 3.63) is 48.3 Å². The van der Waals surface area contributed by atoms with Gasteiger partial charge in [-0.15, -0.1) is 0 Å². The van der Waals surface area contributed by atoms with Crippen molar-refractivity contribution in [3.8, 4) is 0 Å². The molecule has 0 spiro atoms. The fourth-order valence-corrected chi connectivity index (χ4v) is 3.26. The summed E-state index contributed by atoms with van der Waals surface area (Å²) in [4.78, 5) is 4.31. The van der Waals surface area contributed by atoms with E-state index in [0.29, 0.717) is 11.3 Å². The van der Waals surface area contributed by atoms with Crippen LogP contribution >= 0.6 is 0 Å². The van der Waals surface area contributed by atoms with Gasteiger partial charge in [0.15, 0.2) is 5.82 Å². The highest BCUT2D eigenvalue weighted by atomic mass is 32.2. The van der Waals surface area contributed by atoms with Crippen molar-refractivity contribution in [2.45, 2.75) is 11.8 Å². The normalized spacial score (nSPS) is 11.7. The van der Waals surface area contributed by atoms with E-state index in [1.807, 2.05) is 19.1 Å². The van der Waals surface area contributed by atoms with Crippen LogP contribution in [0.25, 0.3) is 10.9 Å². The maximum Gasteiger partial charge on any atom is 0.265 e. The molecule has 108 valence electrons. The average molecular weight is 302 g/mol. The van der Waals surface area contributed by atoms with Crippen molar-refractivity contribution in [1.82, 2.24) is 14.8 Å². The number of anilines is 1. The summed E-state index contributed by atoms with van der Waals surface area (Å²) < 4.78 is 29.2. The minimum absolute atomic E-state index is 0.143. The van der Waals surface area contributed by atoms with Crippen LogP contribution in [0.1, 0.15) is 5.69 Å². The van der Waals surface area contributed by atoms with E-state index in [1.165, 1.54) is 6.07 Å². The molecule has 2 heterocycles. The zero-order valence-electron chi connectivity index (χ0n) is 11.6. The molecule has 0 aliphatic rings. The molecule has 0 atom stereocenters. The molecular weight excluding hydrogens is 288 g/mol. The van der Waals surface area contributed by atoms with Gasteiger partial charge in [0.2, 0.25) is 0 Å². The second-order valence-electron chi connectivity index (χ2n) is 4.73. The van der Waals surface area contributed by atoms with Crippen LogP contribution in [-0.2, 0) is 17.1 Å². The van der Waals surface area contributed by atoms with Gasteiger partial charge in [-0.2, -0.15) is 5.10 Å². The van der Waals surface area contributed by atoms with Crippen molar-refractivity contribution < 1.29 is 8.42 Å². The minimum Gasteiger partial charge on any atom is -0.271 e. The Labute approximate surface area is 122 Å². The Morgan fingerprint density at radius 3 is 2.67 bits per heavy atom. The van der Waals surface area contributed by atoms with Gasteiger partial charge in [-0.05, 0) is 19.1 Å². The van der Waals surface area contributed by atoms with E-state index in [9.17, 15) is 8.42 Å². The van der Waals surface area contributed by atoms with Gasteiger partial charge in [0.05, 0.1) is 5.52 Å². The number of rotatable bonds is 3. The van der Waals surface area contributed by atoms with E-state index in [-0.39, 0.29) is 4.90 Å². The third kappa shape index (κ3) is 2.47. The van der Waals surface area contributed by atoms with E-state index in [0.717, 1.165) is 11.1 Å². The van der Waals surface area contributed by atoms with Gasteiger partial charge >= 0.3 is 0 Å². The van der Waals surface area contributed by atoms with E-state index >= 15 is 0 Å². The molecule has 21 heavy (non-hydrogen) atoms. The molecule has 0 unspecified atom stereocenters. The lowest BCUT2D eigenvalue weighted by atomic mass is 10.2. The molecule has 1 aromatic carbocycles. The number of fused-ring (bicyclic) bond motifs is 1. The molecule has 0 fully saturated rings. The first kappa shape index (κ1) is 13.6. The van der Waals surface area contributed by atoms with Crippen LogP contribution in [0.5, 0.6) is 0 Å². The summed E-state index contributed by atoms with van der Waals surface area (Å²) >= 11 is 0. The number of nitrogens with zero attached hydrogens (tertiary/aromatic N) is 3. The predicted molar refractivity (Wildman–Crippen MR) is 80.5 cm³/mol. The third-order valence-electron chi connectivity index (χ3n) is 3.24. The number of hydrogen-bond donors (Lipinski definition) is 1. The van der Waals surface area contributed by atoms with E-state index in [4.69, 9.17) is 0 Å². The maximum atomic E-state index is 12.5. The maximum absolute atomic E-state index is 12.5. The third-order valence-corrected chi connectivity index (χ3v) is 4.62. The quantitative estimate of drug-likeness (QED) is 0.803. The van der Waals surface area contributed by atoms with Gasteiger partial charge in [-0.1, -0.05) is 18.2 Å². The summed E-state index contributed by atoms with van der Waals surface area (Å²) in [5.74, 6) is 0.294. The summed E-state index contributed by atoms with van der Waals surface area (Å²) in [7, 11) is -1.98. The van der Waals surface area contributed by atoms with Crippen molar-refractivity contribution in [3.63, 3.8) is 0 Å². The highest BCUT2D eigenvalue weighted by molar-refractivity contribution is 7.93. The molecule has 3 rings (SSSR count). The zero-order valence-corrected chi connectivity index (χ0v) is 12.4. The molecule has 1 N–H and O–H groups in total. The Hall–Kier alpha value is -2.41. The topological polar surface area (TPSA) is 76.9 Å². The Morgan fingerprint density at radius 2 is 1.95 bits per heavy atom. The largest absolute Gasteiger partial charge is 0.271 e. The van der Waals surface area contributed by atoms with Crippen LogP contribution in [0.2, 0.25) is 0 Å². The molecular formula is C14H14N4O2S. The van der Waals surface area contributed by atoms with Gasteiger partial charge in [0, 0.05) is 30.4 Å². The Morgan fingerprint density at radius 1 is 1.19 bits per heavy atom. The standard InChI is InChI=1S/C14H14N4O2S/c1-10-9-13(16-18(10)2)17-21(19,20)12-7-3-5-11-6-4-8-15-14(11)12/h3-9H,1-2H3,(H,16,17). The number of sulfonamides is 1. The van der Waals surface area contributed by atoms with Gasteiger partial charge in [-0.25, -0.2) is 8.42 Å². The smallest absolute Gasteiger partial charge is 0.265 e. The van der Waals surface area contributed by atoms with Crippen molar-refractivity contribution in [2.24, 2.45) is 7.05 Å². The summed E-state index contributed by atoms with van der Waals surface area (Å²) in [6.07, 6.45) is 1.58. The number of aromatic nitrogens is 3. The number of nitrogens with one attached hydrogen (secondary N) is 1. The van der Waals surface area contributed by atoms with E-state index in [2.05, 4.69) is 14.8 Å². The fourth-order valence-electron chi connectivity index (χ4n) is 2.10.